The van der Waals surface area contributed by atoms with E-state index < -0.39 is 0 Å². The zero-order valence-corrected chi connectivity index (χ0v) is 21.5. The van der Waals surface area contributed by atoms with Crippen molar-refractivity contribution in [3.8, 4) is 0 Å². The van der Waals surface area contributed by atoms with E-state index in [2.05, 4.69) is 129 Å². The third-order valence-electron chi connectivity index (χ3n) is 6.65. The summed E-state index contributed by atoms with van der Waals surface area (Å²) < 4.78 is 0. The molecular formula is C34H33S+. The summed E-state index contributed by atoms with van der Waals surface area (Å²) in [6.07, 6.45) is 8.11. The molecule has 0 amide bonds. The number of hydrogen-bond acceptors (Lipinski definition) is 0. The van der Waals surface area contributed by atoms with Crippen molar-refractivity contribution >= 4 is 44.6 Å². The van der Waals surface area contributed by atoms with E-state index in [-0.39, 0.29) is 10.9 Å². The molecule has 0 spiro atoms. The van der Waals surface area contributed by atoms with Gasteiger partial charge in [0.1, 0.15) is 5.75 Å². The zero-order valence-electron chi connectivity index (χ0n) is 20.7. The van der Waals surface area contributed by atoms with Gasteiger partial charge in [-0.3, -0.25) is 0 Å². The van der Waals surface area contributed by atoms with Crippen LogP contribution in [-0.2, 0) is 17.3 Å². The SMILES string of the molecule is CC/C=c1/cccc/c1=C/C[S+](c1ccc2ccccc2c1)c1ccc(CCC)c2ccccc12. The van der Waals surface area contributed by atoms with Crippen molar-refractivity contribution < 1.29 is 0 Å². The minimum Gasteiger partial charge on any atom is -0.0769 e. The lowest BCUT2D eigenvalue weighted by molar-refractivity contribution is 0.928. The predicted octanol–water partition coefficient (Wildman–Crippen LogP) is 7.65. The molecule has 1 heteroatoms. The highest BCUT2D eigenvalue weighted by Crippen LogP contribution is 2.34. The van der Waals surface area contributed by atoms with Gasteiger partial charge in [-0.25, -0.2) is 0 Å². The Morgan fingerprint density at radius 1 is 0.629 bits per heavy atom. The minimum atomic E-state index is -0.0762. The summed E-state index contributed by atoms with van der Waals surface area (Å²) in [5, 5.41) is 8.09. The molecule has 0 saturated heterocycles. The number of benzene rings is 5. The fourth-order valence-corrected chi connectivity index (χ4v) is 7.09. The average molecular weight is 474 g/mol. The van der Waals surface area contributed by atoms with Gasteiger partial charge in [-0.05, 0) is 75.3 Å². The van der Waals surface area contributed by atoms with Gasteiger partial charge in [-0.1, -0.05) is 99.1 Å². The van der Waals surface area contributed by atoms with Gasteiger partial charge in [0.15, 0.2) is 9.79 Å². The van der Waals surface area contributed by atoms with Gasteiger partial charge < -0.3 is 0 Å². The Morgan fingerprint density at radius 2 is 1.31 bits per heavy atom. The molecule has 0 fully saturated rings. The molecule has 174 valence electrons. The van der Waals surface area contributed by atoms with Crippen LogP contribution in [0.2, 0.25) is 0 Å². The Bertz CT molecular complexity index is 1580. The monoisotopic (exact) mass is 473 g/mol. The summed E-state index contributed by atoms with van der Waals surface area (Å²) in [5.74, 6) is 0.990. The number of hydrogen-bond donors (Lipinski definition) is 0. The van der Waals surface area contributed by atoms with Crippen molar-refractivity contribution in [2.45, 2.75) is 42.9 Å². The van der Waals surface area contributed by atoms with Crippen LogP contribution in [-0.4, -0.2) is 5.75 Å². The third kappa shape index (κ3) is 5.06. The summed E-state index contributed by atoms with van der Waals surface area (Å²) >= 11 is 0. The quantitative estimate of drug-likeness (QED) is 0.213. The molecule has 0 aliphatic rings. The number of fused-ring (bicyclic) bond motifs is 2. The molecule has 35 heavy (non-hydrogen) atoms. The van der Waals surface area contributed by atoms with Crippen molar-refractivity contribution in [2.75, 3.05) is 5.75 Å². The van der Waals surface area contributed by atoms with E-state index in [0.29, 0.717) is 0 Å². The standard InChI is InChI=1S/C34H33S/c1-3-11-26-13-5-6-15-28(26)23-24-35(31-21-19-27-14-7-8-16-30(27)25-31)34-22-20-29(12-4-2)32-17-9-10-18-33(32)34/h5-11,13-23,25H,3-4,12,24H2,1-2H3/q+1/b26-11-,28-23-. The van der Waals surface area contributed by atoms with Crippen LogP contribution in [0, 0.1) is 0 Å². The van der Waals surface area contributed by atoms with Crippen LogP contribution in [0.5, 0.6) is 0 Å². The first-order valence-electron chi connectivity index (χ1n) is 12.7. The molecule has 0 aromatic heterocycles. The van der Waals surface area contributed by atoms with Crippen LogP contribution < -0.4 is 10.4 Å². The summed E-state index contributed by atoms with van der Waals surface area (Å²) in [7, 11) is -0.0762. The highest BCUT2D eigenvalue weighted by Gasteiger charge is 2.27. The molecule has 0 bridgehead atoms. The van der Waals surface area contributed by atoms with Gasteiger partial charge in [0.25, 0.3) is 0 Å². The first kappa shape index (κ1) is 23.5. The molecule has 0 radical (unpaired) electrons. The molecule has 1 unspecified atom stereocenters. The molecule has 0 saturated carbocycles. The van der Waals surface area contributed by atoms with Gasteiger partial charge in [-0.2, -0.15) is 0 Å². The lowest BCUT2D eigenvalue weighted by atomic mass is 10.0. The molecule has 5 rings (SSSR count). The largest absolute Gasteiger partial charge is 0.168 e. The molecular weight excluding hydrogens is 440 g/mol. The lowest BCUT2D eigenvalue weighted by Crippen LogP contribution is -2.25. The molecule has 1 atom stereocenters. The number of rotatable bonds is 7. The topological polar surface area (TPSA) is 0 Å². The van der Waals surface area contributed by atoms with E-state index in [1.165, 1.54) is 47.3 Å². The second kappa shape index (κ2) is 11.0. The van der Waals surface area contributed by atoms with Gasteiger partial charge in [-0.15, -0.1) is 0 Å². The lowest BCUT2D eigenvalue weighted by Gasteiger charge is -2.13. The van der Waals surface area contributed by atoms with E-state index in [1.54, 1.807) is 0 Å². The average Bonchev–Trinajstić information content (AvgIpc) is 2.91. The van der Waals surface area contributed by atoms with Crippen molar-refractivity contribution in [2.24, 2.45) is 0 Å². The maximum absolute atomic E-state index is 2.45. The van der Waals surface area contributed by atoms with Crippen LogP contribution in [0.1, 0.15) is 32.3 Å². The van der Waals surface area contributed by atoms with Gasteiger partial charge in [0.05, 0.1) is 10.9 Å². The first-order chi connectivity index (χ1) is 17.3. The maximum atomic E-state index is 2.45. The molecule has 5 aromatic carbocycles. The van der Waals surface area contributed by atoms with Crippen molar-refractivity contribution in [1.29, 1.82) is 0 Å². The Hall–Kier alpha value is -3.29. The smallest absolute Gasteiger partial charge is 0.0769 e. The molecule has 5 aromatic rings. The minimum absolute atomic E-state index is 0.0762. The van der Waals surface area contributed by atoms with E-state index in [4.69, 9.17) is 0 Å². The van der Waals surface area contributed by atoms with Crippen LogP contribution in [0.3, 0.4) is 0 Å². The Labute approximate surface area is 212 Å². The van der Waals surface area contributed by atoms with E-state index >= 15 is 0 Å². The first-order valence-corrected chi connectivity index (χ1v) is 14.1. The van der Waals surface area contributed by atoms with E-state index in [0.717, 1.165) is 25.0 Å². The second-order valence-electron chi connectivity index (χ2n) is 9.03. The van der Waals surface area contributed by atoms with Crippen molar-refractivity contribution in [3.05, 3.63) is 119 Å². The third-order valence-corrected chi connectivity index (χ3v) is 8.86. The van der Waals surface area contributed by atoms with Crippen LogP contribution in [0.15, 0.2) is 113 Å². The fraction of sp³-hybridized carbons (Fsp3) is 0.176. The van der Waals surface area contributed by atoms with E-state index in [9.17, 15) is 0 Å². The van der Waals surface area contributed by atoms with Crippen molar-refractivity contribution in [1.82, 2.24) is 0 Å². The maximum Gasteiger partial charge on any atom is 0.168 e. The Morgan fingerprint density at radius 3 is 2.09 bits per heavy atom. The normalized spacial score (nSPS) is 13.5. The molecule has 0 aliphatic heterocycles. The molecule has 0 nitrogen and oxygen atoms in total. The predicted molar refractivity (Wildman–Crippen MR) is 156 cm³/mol. The molecule has 0 N–H and O–H groups in total. The Kier molecular flexibility index (Phi) is 7.35. The number of aryl methyl sites for hydroxylation is 1. The highest BCUT2D eigenvalue weighted by molar-refractivity contribution is 7.97. The zero-order chi connectivity index (χ0) is 24.0. The van der Waals surface area contributed by atoms with Crippen molar-refractivity contribution in [3.63, 3.8) is 0 Å². The Balaban J connectivity index is 1.70. The molecule has 0 aliphatic carbocycles. The summed E-state index contributed by atoms with van der Waals surface area (Å²) in [4.78, 5) is 2.86. The highest BCUT2D eigenvalue weighted by atomic mass is 32.2. The van der Waals surface area contributed by atoms with Crippen LogP contribution in [0.25, 0.3) is 33.7 Å². The summed E-state index contributed by atoms with van der Waals surface area (Å²) in [5.41, 5.74) is 1.46. The van der Waals surface area contributed by atoms with E-state index in [1.807, 2.05) is 0 Å². The fourth-order valence-electron chi connectivity index (χ4n) is 4.95. The van der Waals surface area contributed by atoms with Crippen LogP contribution in [0.4, 0.5) is 0 Å². The summed E-state index contributed by atoms with van der Waals surface area (Å²) in [6.45, 7) is 4.47. The molecule has 0 heterocycles. The summed E-state index contributed by atoms with van der Waals surface area (Å²) in [6, 6.07) is 38.3. The second-order valence-corrected chi connectivity index (χ2v) is 11.1. The van der Waals surface area contributed by atoms with Gasteiger partial charge >= 0.3 is 0 Å². The van der Waals surface area contributed by atoms with Gasteiger partial charge in [0, 0.05) is 11.5 Å². The van der Waals surface area contributed by atoms with Gasteiger partial charge in [0.2, 0.25) is 0 Å². The van der Waals surface area contributed by atoms with Crippen LogP contribution >= 0.6 is 0 Å².